The van der Waals surface area contributed by atoms with Gasteiger partial charge in [0.05, 0.1) is 7.11 Å². The molecule has 5 heteroatoms. The van der Waals surface area contributed by atoms with E-state index in [9.17, 15) is 0 Å². The number of nitrogens with one attached hydrogen (secondary N) is 1. The van der Waals surface area contributed by atoms with Crippen LogP contribution in [0.2, 0.25) is 0 Å². The van der Waals surface area contributed by atoms with Crippen LogP contribution in [0, 0.1) is 0 Å². The van der Waals surface area contributed by atoms with Gasteiger partial charge in [-0.2, -0.15) is 0 Å². The lowest BCUT2D eigenvalue weighted by Gasteiger charge is -2.07. The van der Waals surface area contributed by atoms with Crippen LogP contribution < -0.4 is 10.1 Å². The molecule has 0 bridgehead atoms. The van der Waals surface area contributed by atoms with Crippen LogP contribution >= 0.6 is 24.8 Å². The fourth-order valence-corrected chi connectivity index (χ4v) is 1.41. The van der Waals surface area contributed by atoms with Gasteiger partial charge >= 0.3 is 0 Å². The molecule has 1 aromatic carbocycles. The smallest absolute Gasteiger partial charge is 0.119 e. The molecule has 2 rings (SSSR count). The first-order valence-corrected chi connectivity index (χ1v) is 5.15. The van der Waals surface area contributed by atoms with Gasteiger partial charge in [-0.3, -0.25) is 4.98 Å². The Kier molecular flexibility index (Phi) is 7.92. The van der Waals surface area contributed by atoms with Gasteiger partial charge in [0.25, 0.3) is 0 Å². The van der Waals surface area contributed by atoms with Gasteiger partial charge in [0, 0.05) is 24.6 Å². The summed E-state index contributed by atoms with van der Waals surface area (Å²) in [5, 5.41) is 3.33. The van der Waals surface area contributed by atoms with Crippen molar-refractivity contribution < 1.29 is 4.74 Å². The number of aromatic nitrogens is 1. The minimum Gasteiger partial charge on any atom is -0.497 e. The highest BCUT2D eigenvalue weighted by Gasteiger charge is 1.94. The zero-order chi connectivity index (χ0) is 11.2. The first-order chi connectivity index (χ1) is 7.88. The lowest BCUT2D eigenvalue weighted by Crippen LogP contribution is -1.99. The van der Waals surface area contributed by atoms with Crippen LogP contribution in [-0.4, -0.2) is 12.1 Å². The summed E-state index contributed by atoms with van der Waals surface area (Å²) < 4.78 is 5.10. The van der Waals surface area contributed by atoms with Crippen molar-refractivity contribution in [2.45, 2.75) is 6.54 Å². The van der Waals surface area contributed by atoms with Crippen molar-refractivity contribution in [3.05, 3.63) is 54.4 Å². The molecule has 0 saturated heterocycles. The Labute approximate surface area is 119 Å². The number of rotatable bonds is 4. The minimum atomic E-state index is 0. The molecule has 0 radical (unpaired) electrons. The van der Waals surface area contributed by atoms with E-state index in [1.165, 1.54) is 5.56 Å². The number of benzene rings is 1. The molecule has 0 unspecified atom stereocenters. The maximum Gasteiger partial charge on any atom is 0.119 e. The molecule has 3 nitrogen and oxygen atoms in total. The molecule has 0 spiro atoms. The summed E-state index contributed by atoms with van der Waals surface area (Å²) in [6.07, 6.45) is 3.59. The van der Waals surface area contributed by atoms with Gasteiger partial charge in [-0.15, -0.1) is 24.8 Å². The Hall–Kier alpha value is -1.45. The molecule has 0 aliphatic carbocycles. The molecule has 0 saturated carbocycles. The van der Waals surface area contributed by atoms with E-state index in [0.29, 0.717) is 0 Å². The van der Waals surface area contributed by atoms with Crippen molar-refractivity contribution in [2.24, 2.45) is 0 Å². The Morgan fingerprint density at radius 2 is 1.61 bits per heavy atom. The summed E-state index contributed by atoms with van der Waals surface area (Å²) in [6.45, 7) is 0.800. The van der Waals surface area contributed by atoms with Gasteiger partial charge in [0.2, 0.25) is 0 Å². The number of pyridine rings is 1. The minimum absolute atomic E-state index is 0. The Morgan fingerprint density at radius 1 is 1.00 bits per heavy atom. The summed E-state index contributed by atoms with van der Waals surface area (Å²) >= 11 is 0. The standard InChI is InChI=1S/C13H14N2O.2ClH/c1-16-13-4-2-12(3-5-13)15-10-11-6-8-14-9-7-11;;/h2-9,15H,10H2,1H3;2*1H. The van der Waals surface area contributed by atoms with Gasteiger partial charge < -0.3 is 10.1 Å². The maximum absolute atomic E-state index is 5.10. The summed E-state index contributed by atoms with van der Waals surface area (Å²) in [7, 11) is 1.67. The highest BCUT2D eigenvalue weighted by Crippen LogP contribution is 2.15. The van der Waals surface area contributed by atoms with Crippen LogP contribution in [0.15, 0.2) is 48.8 Å². The zero-order valence-electron chi connectivity index (χ0n) is 10.00. The maximum atomic E-state index is 5.10. The van der Waals surface area contributed by atoms with Crippen LogP contribution in [0.25, 0.3) is 0 Å². The molecule has 0 aliphatic heterocycles. The Morgan fingerprint density at radius 3 is 2.17 bits per heavy atom. The van der Waals surface area contributed by atoms with Gasteiger partial charge in [0.15, 0.2) is 0 Å². The summed E-state index contributed by atoms with van der Waals surface area (Å²) in [4.78, 5) is 3.98. The van der Waals surface area contributed by atoms with Gasteiger partial charge in [-0.1, -0.05) is 0 Å². The number of nitrogens with zero attached hydrogens (tertiary/aromatic N) is 1. The predicted molar refractivity (Wildman–Crippen MR) is 79.1 cm³/mol. The number of methoxy groups -OCH3 is 1. The summed E-state index contributed by atoms with van der Waals surface area (Å²) in [5.74, 6) is 0.870. The third-order valence-electron chi connectivity index (χ3n) is 2.34. The average molecular weight is 287 g/mol. The number of anilines is 1. The predicted octanol–water partition coefficient (Wildman–Crippen LogP) is 3.55. The molecule has 0 amide bonds. The summed E-state index contributed by atoms with van der Waals surface area (Å²) in [6, 6.07) is 11.9. The second kappa shape index (κ2) is 8.61. The number of halogens is 2. The first kappa shape index (κ1) is 16.6. The number of ether oxygens (including phenoxy) is 1. The quantitative estimate of drug-likeness (QED) is 0.933. The van der Waals surface area contributed by atoms with E-state index in [1.807, 2.05) is 36.4 Å². The molecular formula is C13H16Cl2N2O. The summed E-state index contributed by atoms with van der Waals surface area (Å²) in [5.41, 5.74) is 2.29. The number of hydrogen-bond donors (Lipinski definition) is 1. The van der Waals surface area contributed by atoms with Crippen LogP contribution in [-0.2, 0) is 6.54 Å². The van der Waals surface area contributed by atoms with Gasteiger partial charge in [-0.25, -0.2) is 0 Å². The van der Waals surface area contributed by atoms with Crippen LogP contribution in [0.4, 0.5) is 5.69 Å². The van der Waals surface area contributed by atoms with E-state index in [1.54, 1.807) is 19.5 Å². The van der Waals surface area contributed by atoms with E-state index in [2.05, 4.69) is 10.3 Å². The third-order valence-corrected chi connectivity index (χ3v) is 2.34. The Balaban J connectivity index is 0.00000144. The molecule has 0 atom stereocenters. The van der Waals surface area contributed by atoms with Crippen molar-refractivity contribution in [3.63, 3.8) is 0 Å². The van der Waals surface area contributed by atoms with E-state index in [0.717, 1.165) is 18.0 Å². The molecule has 98 valence electrons. The van der Waals surface area contributed by atoms with Crippen LogP contribution in [0.3, 0.4) is 0 Å². The highest BCUT2D eigenvalue weighted by molar-refractivity contribution is 5.85. The average Bonchev–Trinajstić information content (AvgIpc) is 2.38. The van der Waals surface area contributed by atoms with Crippen molar-refractivity contribution in [2.75, 3.05) is 12.4 Å². The fraction of sp³-hybridized carbons (Fsp3) is 0.154. The Bertz CT molecular complexity index is 435. The van der Waals surface area contributed by atoms with Crippen molar-refractivity contribution in [3.8, 4) is 5.75 Å². The molecule has 18 heavy (non-hydrogen) atoms. The largest absolute Gasteiger partial charge is 0.497 e. The molecule has 2 aromatic rings. The van der Waals surface area contributed by atoms with Crippen LogP contribution in [0.5, 0.6) is 5.75 Å². The lowest BCUT2D eigenvalue weighted by molar-refractivity contribution is 0.415. The van der Waals surface area contributed by atoms with E-state index >= 15 is 0 Å². The van der Waals surface area contributed by atoms with E-state index < -0.39 is 0 Å². The van der Waals surface area contributed by atoms with Gasteiger partial charge in [0.1, 0.15) is 5.75 Å². The topological polar surface area (TPSA) is 34.1 Å². The number of hydrogen-bond acceptors (Lipinski definition) is 3. The van der Waals surface area contributed by atoms with Crippen molar-refractivity contribution in [1.82, 2.24) is 4.98 Å². The van der Waals surface area contributed by atoms with Gasteiger partial charge in [-0.05, 0) is 42.0 Å². The van der Waals surface area contributed by atoms with Crippen molar-refractivity contribution in [1.29, 1.82) is 0 Å². The highest BCUT2D eigenvalue weighted by atomic mass is 35.5. The van der Waals surface area contributed by atoms with E-state index in [4.69, 9.17) is 4.74 Å². The second-order valence-corrected chi connectivity index (χ2v) is 3.44. The molecular weight excluding hydrogens is 271 g/mol. The molecule has 0 fully saturated rings. The zero-order valence-corrected chi connectivity index (χ0v) is 11.6. The van der Waals surface area contributed by atoms with Crippen molar-refractivity contribution >= 4 is 30.5 Å². The third kappa shape index (κ3) is 4.82. The molecule has 1 N–H and O–H groups in total. The monoisotopic (exact) mass is 286 g/mol. The van der Waals surface area contributed by atoms with E-state index in [-0.39, 0.29) is 24.8 Å². The van der Waals surface area contributed by atoms with Crippen LogP contribution in [0.1, 0.15) is 5.56 Å². The molecule has 1 heterocycles. The normalized spacial score (nSPS) is 8.72. The lowest BCUT2D eigenvalue weighted by atomic mass is 10.2. The first-order valence-electron chi connectivity index (χ1n) is 5.15. The fourth-order valence-electron chi connectivity index (χ4n) is 1.41. The second-order valence-electron chi connectivity index (χ2n) is 3.44. The molecule has 1 aromatic heterocycles. The SMILES string of the molecule is COc1ccc(NCc2ccncc2)cc1.Cl.Cl. The molecule has 0 aliphatic rings.